The van der Waals surface area contributed by atoms with Crippen LogP contribution in [0.15, 0.2) is 94.2 Å². The Morgan fingerprint density at radius 2 is 1.93 bits per heavy atom. The van der Waals surface area contributed by atoms with Crippen LogP contribution in [0, 0.1) is 5.41 Å². The van der Waals surface area contributed by atoms with Gasteiger partial charge < -0.3 is 16.5 Å². The lowest BCUT2D eigenvalue weighted by Crippen LogP contribution is -2.18. The quantitative estimate of drug-likeness (QED) is 0.343. The van der Waals surface area contributed by atoms with Crippen LogP contribution in [0.4, 0.5) is 5.69 Å². The van der Waals surface area contributed by atoms with Gasteiger partial charge in [-0.2, -0.15) is 0 Å². The van der Waals surface area contributed by atoms with Crippen molar-refractivity contribution in [1.82, 2.24) is 5.32 Å². The largest absolute Gasteiger partial charge is 0.398 e. The fourth-order valence-electron chi connectivity index (χ4n) is 2.48. The molecule has 6 heteroatoms. The summed E-state index contributed by atoms with van der Waals surface area (Å²) in [6.07, 6.45) is 8.68. The van der Waals surface area contributed by atoms with E-state index in [-0.39, 0.29) is 11.6 Å². The normalized spacial score (nSPS) is 11.7. The van der Waals surface area contributed by atoms with Crippen molar-refractivity contribution < 1.29 is 4.79 Å². The predicted octanol–water partition coefficient (Wildman–Crippen LogP) is 4.52. The van der Waals surface area contributed by atoms with Crippen LogP contribution >= 0.6 is 11.8 Å². The lowest BCUT2D eigenvalue weighted by atomic mass is 10.1. The maximum absolute atomic E-state index is 12.0. The standard InChI is InChI=1S/C23H24N4OS/c1-4-5-8-16(26-2)11-14-20(24)18-13-12-17(15-21(18)25)29-22-10-7-6-9-19(22)23(28)27-3/h4-15,24H,1,25H2,2-3H3,(H,27,28)/b8-5-,14-11+,24-20?,26-16?. The van der Waals surface area contributed by atoms with Gasteiger partial charge in [0.2, 0.25) is 0 Å². The van der Waals surface area contributed by atoms with Gasteiger partial charge in [-0.25, -0.2) is 0 Å². The molecule has 2 aromatic rings. The van der Waals surface area contributed by atoms with Gasteiger partial charge in [-0.15, -0.1) is 0 Å². The minimum absolute atomic E-state index is 0.136. The van der Waals surface area contributed by atoms with Crippen LogP contribution in [0.1, 0.15) is 15.9 Å². The van der Waals surface area contributed by atoms with E-state index in [0.29, 0.717) is 16.8 Å². The number of rotatable bonds is 8. The van der Waals surface area contributed by atoms with Crippen LogP contribution in [0.5, 0.6) is 0 Å². The second-order valence-electron chi connectivity index (χ2n) is 5.92. The average molecular weight is 405 g/mol. The van der Waals surface area contributed by atoms with Crippen LogP contribution in [0.25, 0.3) is 0 Å². The van der Waals surface area contributed by atoms with E-state index in [1.165, 1.54) is 11.8 Å². The van der Waals surface area contributed by atoms with E-state index in [4.69, 9.17) is 11.1 Å². The number of amides is 1. The summed E-state index contributed by atoms with van der Waals surface area (Å²) in [7, 11) is 3.30. The molecule has 0 aliphatic heterocycles. The Kier molecular flexibility index (Phi) is 8.18. The van der Waals surface area contributed by atoms with E-state index >= 15 is 0 Å². The highest BCUT2D eigenvalue weighted by Gasteiger charge is 2.11. The van der Waals surface area contributed by atoms with E-state index in [0.717, 1.165) is 15.5 Å². The zero-order valence-corrected chi connectivity index (χ0v) is 17.3. The molecule has 0 unspecified atom stereocenters. The first-order valence-corrected chi connectivity index (χ1v) is 9.73. The van der Waals surface area contributed by atoms with Gasteiger partial charge in [0, 0.05) is 35.1 Å². The monoisotopic (exact) mass is 404 g/mol. The molecule has 2 rings (SSSR count). The molecule has 0 saturated heterocycles. The number of carbonyl (C=O) groups excluding carboxylic acids is 1. The van der Waals surface area contributed by atoms with Crippen molar-refractivity contribution in [3.8, 4) is 0 Å². The van der Waals surface area contributed by atoms with Crippen molar-refractivity contribution >= 4 is 34.8 Å². The highest BCUT2D eigenvalue weighted by atomic mass is 32.2. The lowest BCUT2D eigenvalue weighted by Gasteiger charge is -2.10. The Morgan fingerprint density at radius 3 is 2.59 bits per heavy atom. The summed E-state index contributed by atoms with van der Waals surface area (Å²) in [4.78, 5) is 17.9. The summed E-state index contributed by atoms with van der Waals surface area (Å²) in [6.45, 7) is 3.63. The summed E-state index contributed by atoms with van der Waals surface area (Å²) < 4.78 is 0. The number of aliphatic imine (C=N–C) groups is 1. The van der Waals surface area contributed by atoms with E-state index in [9.17, 15) is 4.79 Å². The molecule has 0 aliphatic carbocycles. The molecule has 4 N–H and O–H groups in total. The fourth-order valence-corrected chi connectivity index (χ4v) is 3.48. The van der Waals surface area contributed by atoms with Gasteiger partial charge in [0.1, 0.15) is 0 Å². The molecule has 2 aromatic carbocycles. The van der Waals surface area contributed by atoms with Crippen LogP contribution in [0.3, 0.4) is 0 Å². The number of benzene rings is 2. The number of nitrogens with zero attached hydrogens (tertiary/aromatic N) is 1. The minimum atomic E-state index is -0.136. The fraction of sp³-hybridized carbons (Fsp3) is 0.0870. The molecule has 5 nitrogen and oxygen atoms in total. The number of nitrogens with one attached hydrogen (secondary N) is 2. The van der Waals surface area contributed by atoms with Crippen molar-refractivity contribution in [2.75, 3.05) is 19.8 Å². The SMILES string of the molecule is C=C/C=C\C(/C=C/C(=N)c1ccc(Sc2ccccc2C(=O)NC)cc1N)=NC. The third-order valence-corrected chi connectivity index (χ3v) is 5.05. The van der Waals surface area contributed by atoms with Crippen molar-refractivity contribution in [3.05, 3.63) is 90.6 Å². The molecule has 0 fully saturated rings. The average Bonchev–Trinajstić information content (AvgIpc) is 2.73. The number of hydrogen-bond donors (Lipinski definition) is 3. The number of nitrogen functional groups attached to an aromatic ring is 1. The van der Waals surface area contributed by atoms with Gasteiger partial charge in [-0.05, 0) is 48.6 Å². The smallest absolute Gasteiger partial charge is 0.252 e. The maximum Gasteiger partial charge on any atom is 0.252 e. The Labute approximate surface area is 175 Å². The van der Waals surface area contributed by atoms with Crippen molar-refractivity contribution in [2.45, 2.75) is 9.79 Å². The summed E-state index contributed by atoms with van der Waals surface area (Å²) in [5, 5.41) is 10.9. The van der Waals surface area contributed by atoms with Crippen LogP contribution in [-0.4, -0.2) is 31.4 Å². The van der Waals surface area contributed by atoms with Crippen LogP contribution in [-0.2, 0) is 0 Å². The molecule has 0 heterocycles. The maximum atomic E-state index is 12.0. The number of hydrogen-bond acceptors (Lipinski definition) is 5. The van der Waals surface area contributed by atoms with Gasteiger partial charge in [-0.1, -0.05) is 42.6 Å². The number of allylic oxidation sites excluding steroid dienone is 5. The Hall–Kier alpha value is -3.38. The van der Waals surface area contributed by atoms with E-state index in [1.54, 1.807) is 44.5 Å². The number of nitrogens with two attached hydrogens (primary N) is 1. The molecule has 0 aromatic heterocycles. The first-order valence-electron chi connectivity index (χ1n) is 8.91. The molecule has 0 radical (unpaired) electrons. The molecular weight excluding hydrogens is 380 g/mol. The second-order valence-corrected chi connectivity index (χ2v) is 7.03. The van der Waals surface area contributed by atoms with Gasteiger partial charge in [0.25, 0.3) is 5.91 Å². The van der Waals surface area contributed by atoms with Crippen LogP contribution in [0.2, 0.25) is 0 Å². The van der Waals surface area contributed by atoms with Gasteiger partial charge >= 0.3 is 0 Å². The molecule has 0 aliphatic rings. The third-order valence-electron chi connectivity index (χ3n) is 3.98. The highest BCUT2D eigenvalue weighted by molar-refractivity contribution is 7.99. The third kappa shape index (κ3) is 6.05. The topological polar surface area (TPSA) is 91.3 Å². The zero-order chi connectivity index (χ0) is 21.2. The highest BCUT2D eigenvalue weighted by Crippen LogP contribution is 2.32. The van der Waals surface area contributed by atoms with E-state index in [1.807, 2.05) is 42.5 Å². The van der Waals surface area contributed by atoms with E-state index < -0.39 is 0 Å². The molecule has 148 valence electrons. The van der Waals surface area contributed by atoms with Gasteiger partial charge in [0.05, 0.1) is 17.0 Å². The zero-order valence-electron chi connectivity index (χ0n) is 16.5. The van der Waals surface area contributed by atoms with Crippen molar-refractivity contribution in [2.24, 2.45) is 4.99 Å². The van der Waals surface area contributed by atoms with Gasteiger partial charge in [-0.3, -0.25) is 9.79 Å². The summed E-state index contributed by atoms with van der Waals surface area (Å²) in [6, 6.07) is 12.9. The molecule has 1 amide bonds. The Morgan fingerprint density at radius 1 is 1.17 bits per heavy atom. The first kappa shape index (κ1) is 21.9. The Bertz CT molecular complexity index is 1010. The van der Waals surface area contributed by atoms with Gasteiger partial charge in [0.15, 0.2) is 0 Å². The molecule has 0 saturated carbocycles. The molecule has 0 atom stereocenters. The van der Waals surface area contributed by atoms with Crippen LogP contribution < -0.4 is 11.1 Å². The summed E-state index contributed by atoms with van der Waals surface area (Å²) >= 11 is 1.46. The lowest BCUT2D eigenvalue weighted by molar-refractivity contribution is 0.0960. The predicted molar refractivity (Wildman–Crippen MR) is 123 cm³/mol. The Balaban J connectivity index is 2.21. The van der Waals surface area contributed by atoms with Crippen molar-refractivity contribution in [1.29, 1.82) is 5.41 Å². The minimum Gasteiger partial charge on any atom is -0.398 e. The summed E-state index contributed by atoms with van der Waals surface area (Å²) in [5.41, 5.74) is 8.95. The molecule has 0 spiro atoms. The first-order chi connectivity index (χ1) is 14.0. The van der Waals surface area contributed by atoms with Crippen molar-refractivity contribution in [3.63, 3.8) is 0 Å². The summed E-state index contributed by atoms with van der Waals surface area (Å²) in [5.74, 6) is -0.136. The second kappa shape index (κ2) is 10.8. The number of anilines is 1. The van der Waals surface area contributed by atoms with E-state index in [2.05, 4.69) is 16.9 Å². The number of carbonyl (C=O) groups is 1. The molecular formula is C23H24N4OS. The molecule has 29 heavy (non-hydrogen) atoms. The molecule has 0 bridgehead atoms.